The van der Waals surface area contributed by atoms with Crippen LogP contribution in [0.3, 0.4) is 0 Å². The highest BCUT2D eigenvalue weighted by molar-refractivity contribution is 9.10. The molecule has 0 fully saturated rings. The molecule has 0 heterocycles. The lowest BCUT2D eigenvalue weighted by Gasteiger charge is -2.02. The molecule has 0 bridgehead atoms. The van der Waals surface area contributed by atoms with Gasteiger partial charge in [0.2, 0.25) is 11.6 Å². The Morgan fingerprint density at radius 1 is 0.615 bits per heavy atom. The van der Waals surface area contributed by atoms with Gasteiger partial charge in [-0.25, -0.2) is 4.79 Å². The number of carboxylic acid groups (broad SMARTS) is 1. The lowest BCUT2D eigenvalue weighted by Crippen LogP contribution is -2.14. The number of rotatable bonds is 4. The first-order chi connectivity index (χ1) is 12.5. The molecule has 0 saturated heterocycles. The molecule has 2 rings (SSSR count). The van der Waals surface area contributed by atoms with Crippen molar-refractivity contribution in [1.82, 2.24) is 0 Å². The van der Waals surface area contributed by atoms with Gasteiger partial charge in [-0.1, -0.05) is 69.6 Å². The zero-order chi connectivity index (χ0) is 20.7. The number of aromatic carboxylic acids is 1. The second kappa shape index (κ2) is 15.0. The van der Waals surface area contributed by atoms with Crippen molar-refractivity contribution in [2.75, 3.05) is 0 Å². The fraction of sp³-hybridized carbons (Fsp3) is 0.286. The van der Waals surface area contributed by atoms with E-state index in [4.69, 9.17) is 5.11 Å². The summed E-state index contributed by atoms with van der Waals surface area (Å²) in [6, 6.07) is 11.7. The van der Waals surface area contributed by atoms with Gasteiger partial charge in [0.25, 0.3) is 0 Å². The predicted molar refractivity (Wildman–Crippen MR) is 110 cm³/mol. The lowest BCUT2D eigenvalue weighted by molar-refractivity contribution is 0.0696. The minimum absolute atomic E-state index is 0.0673. The number of hydrogen-bond donors (Lipinski definition) is 1. The fourth-order valence-electron chi connectivity index (χ4n) is 1.63. The first-order valence-electron chi connectivity index (χ1n) is 8.67. The Morgan fingerprint density at radius 2 is 0.885 bits per heavy atom. The standard InChI is InChI=1S/C15H9BrO4.3C2H6/c16-12-7-5-10(6-8-12)14(18)13(17)9-1-3-11(4-2-9)15(19)20;3*1-2/h1-8H,(H,19,20);3*1-2H3. The van der Waals surface area contributed by atoms with E-state index in [1.54, 1.807) is 24.3 Å². The molecule has 0 atom stereocenters. The van der Waals surface area contributed by atoms with Crippen molar-refractivity contribution in [3.05, 3.63) is 69.7 Å². The number of Topliss-reactive ketones (excluding diaryl/α,β-unsaturated/α-hetero) is 2. The zero-order valence-corrected chi connectivity index (χ0v) is 17.8. The van der Waals surface area contributed by atoms with Crippen LogP contribution >= 0.6 is 15.9 Å². The normalized spacial score (nSPS) is 8.42. The van der Waals surface area contributed by atoms with Gasteiger partial charge in [0.1, 0.15) is 0 Å². The summed E-state index contributed by atoms with van der Waals surface area (Å²) in [6.07, 6.45) is 0. The second-order valence-electron chi connectivity index (χ2n) is 4.05. The molecule has 0 spiro atoms. The third-order valence-corrected chi connectivity index (χ3v) is 3.24. The van der Waals surface area contributed by atoms with E-state index in [1.165, 1.54) is 24.3 Å². The molecule has 26 heavy (non-hydrogen) atoms. The van der Waals surface area contributed by atoms with E-state index in [1.807, 2.05) is 41.5 Å². The van der Waals surface area contributed by atoms with Crippen molar-refractivity contribution in [3.8, 4) is 0 Å². The highest BCUT2D eigenvalue weighted by Gasteiger charge is 2.18. The van der Waals surface area contributed by atoms with E-state index >= 15 is 0 Å². The molecule has 0 aliphatic carbocycles. The number of hydrogen-bond acceptors (Lipinski definition) is 3. The molecule has 0 aliphatic rings. The smallest absolute Gasteiger partial charge is 0.335 e. The first kappa shape index (κ1) is 26.0. The van der Waals surface area contributed by atoms with Crippen LogP contribution in [0.4, 0.5) is 0 Å². The minimum Gasteiger partial charge on any atom is -0.478 e. The van der Waals surface area contributed by atoms with Crippen LogP contribution in [0, 0.1) is 0 Å². The molecule has 1 N–H and O–H groups in total. The molecule has 0 amide bonds. The summed E-state index contributed by atoms with van der Waals surface area (Å²) < 4.78 is 0.812. The number of carboxylic acids is 1. The largest absolute Gasteiger partial charge is 0.478 e. The summed E-state index contributed by atoms with van der Waals surface area (Å²) >= 11 is 3.25. The first-order valence-corrected chi connectivity index (χ1v) is 9.46. The average molecular weight is 423 g/mol. The van der Waals surface area contributed by atoms with Crippen molar-refractivity contribution < 1.29 is 19.5 Å². The van der Waals surface area contributed by atoms with E-state index in [0.717, 1.165) is 4.47 Å². The van der Waals surface area contributed by atoms with E-state index < -0.39 is 17.5 Å². The van der Waals surface area contributed by atoms with Crippen molar-refractivity contribution in [2.24, 2.45) is 0 Å². The monoisotopic (exact) mass is 422 g/mol. The van der Waals surface area contributed by atoms with Crippen LogP contribution < -0.4 is 0 Å². The van der Waals surface area contributed by atoms with Crippen molar-refractivity contribution >= 4 is 33.5 Å². The molecule has 0 unspecified atom stereocenters. The second-order valence-corrected chi connectivity index (χ2v) is 4.96. The molecular weight excluding hydrogens is 396 g/mol. The number of carbonyl (C=O) groups is 3. The summed E-state index contributed by atoms with van der Waals surface area (Å²) in [5.41, 5.74) is 0.529. The zero-order valence-electron chi connectivity index (χ0n) is 16.2. The average Bonchev–Trinajstić information content (AvgIpc) is 2.72. The van der Waals surface area contributed by atoms with E-state index in [0.29, 0.717) is 5.56 Å². The molecule has 5 heteroatoms. The Morgan fingerprint density at radius 3 is 1.19 bits per heavy atom. The number of halogens is 1. The maximum absolute atomic E-state index is 12.0. The molecule has 4 nitrogen and oxygen atoms in total. The maximum atomic E-state index is 12.0. The van der Waals surface area contributed by atoms with Gasteiger partial charge < -0.3 is 5.11 Å². The molecule has 2 aromatic carbocycles. The Labute approximate surface area is 164 Å². The van der Waals surface area contributed by atoms with Crippen LogP contribution in [0.2, 0.25) is 0 Å². The highest BCUT2D eigenvalue weighted by atomic mass is 79.9. The molecule has 0 saturated carbocycles. The van der Waals surface area contributed by atoms with Gasteiger partial charge in [-0.2, -0.15) is 0 Å². The molecular formula is C21H27BrO4. The topological polar surface area (TPSA) is 71.4 Å². The Bertz CT molecular complexity index is 674. The van der Waals surface area contributed by atoms with Gasteiger partial charge in [-0.15, -0.1) is 0 Å². The van der Waals surface area contributed by atoms with Gasteiger partial charge in [0.15, 0.2) is 0 Å². The Balaban J connectivity index is 0. The number of benzene rings is 2. The number of ketones is 2. The molecule has 2 aromatic rings. The van der Waals surface area contributed by atoms with Gasteiger partial charge in [0, 0.05) is 15.6 Å². The van der Waals surface area contributed by atoms with Gasteiger partial charge in [-0.05, 0) is 36.4 Å². The third-order valence-electron chi connectivity index (χ3n) is 2.71. The maximum Gasteiger partial charge on any atom is 0.335 e. The van der Waals surface area contributed by atoms with Gasteiger partial charge >= 0.3 is 5.97 Å². The van der Waals surface area contributed by atoms with E-state index in [-0.39, 0.29) is 11.1 Å². The van der Waals surface area contributed by atoms with Crippen LogP contribution in [0.15, 0.2) is 53.0 Å². The molecule has 0 radical (unpaired) electrons. The van der Waals surface area contributed by atoms with Gasteiger partial charge in [0.05, 0.1) is 5.56 Å². The Kier molecular flexibility index (Phi) is 15.0. The van der Waals surface area contributed by atoms with Crippen LogP contribution in [0.1, 0.15) is 72.6 Å². The van der Waals surface area contributed by atoms with Crippen molar-refractivity contribution in [2.45, 2.75) is 41.5 Å². The van der Waals surface area contributed by atoms with Crippen molar-refractivity contribution in [1.29, 1.82) is 0 Å². The Hall–Kier alpha value is -2.27. The van der Waals surface area contributed by atoms with Crippen LogP contribution in [0.5, 0.6) is 0 Å². The number of carbonyl (C=O) groups excluding carboxylic acids is 2. The summed E-state index contributed by atoms with van der Waals surface area (Å²) in [6.45, 7) is 12.0. The molecule has 142 valence electrons. The summed E-state index contributed by atoms with van der Waals surface area (Å²) in [7, 11) is 0. The fourth-order valence-corrected chi connectivity index (χ4v) is 1.89. The quantitative estimate of drug-likeness (QED) is 0.463. The molecule has 0 aliphatic heterocycles. The van der Waals surface area contributed by atoms with E-state index in [2.05, 4.69) is 15.9 Å². The summed E-state index contributed by atoms with van der Waals surface area (Å²) in [4.78, 5) is 34.7. The summed E-state index contributed by atoms with van der Waals surface area (Å²) in [5.74, 6) is -2.37. The predicted octanol–water partition coefficient (Wildman–Crippen LogP) is 6.29. The van der Waals surface area contributed by atoms with Gasteiger partial charge in [-0.3, -0.25) is 9.59 Å². The SMILES string of the molecule is CC.CC.CC.O=C(O)c1ccc(C(=O)C(=O)c2ccc(Br)cc2)cc1. The van der Waals surface area contributed by atoms with Crippen LogP contribution in [-0.4, -0.2) is 22.6 Å². The lowest BCUT2D eigenvalue weighted by atomic mass is 10.0. The highest BCUT2D eigenvalue weighted by Crippen LogP contribution is 2.13. The minimum atomic E-state index is -1.08. The third kappa shape index (κ3) is 8.21. The summed E-state index contributed by atoms with van der Waals surface area (Å²) in [5, 5.41) is 8.77. The van der Waals surface area contributed by atoms with E-state index in [9.17, 15) is 14.4 Å². The molecule has 0 aromatic heterocycles. The van der Waals surface area contributed by atoms with Crippen molar-refractivity contribution in [3.63, 3.8) is 0 Å². The van der Waals surface area contributed by atoms with Crippen LogP contribution in [-0.2, 0) is 0 Å². The van der Waals surface area contributed by atoms with Crippen LogP contribution in [0.25, 0.3) is 0 Å².